The number of carbonyl (C=O) groups excluding carboxylic acids is 1. The fourth-order valence-electron chi connectivity index (χ4n) is 2.14. The molecule has 1 amide bonds. The zero-order valence-corrected chi connectivity index (χ0v) is 13.9. The SMILES string of the molecule is CCCCN(C)c1cc(C(=O)Nc2ccc(F)c(F)c2)nc(C)n1. The average Bonchev–Trinajstić information content (AvgIpc) is 2.55. The first kappa shape index (κ1) is 17.8. The fourth-order valence-corrected chi connectivity index (χ4v) is 2.14. The second-order valence-electron chi connectivity index (χ2n) is 5.52. The summed E-state index contributed by atoms with van der Waals surface area (Å²) in [5.74, 6) is -1.38. The fraction of sp³-hybridized carbons (Fsp3) is 0.353. The van der Waals surface area contributed by atoms with Crippen molar-refractivity contribution in [1.82, 2.24) is 9.97 Å². The van der Waals surface area contributed by atoms with Gasteiger partial charge in [0.25, 0.3) is 5.91 Å². The molecule has 0 aliphatic rings. The van der Waals surface area contributed by atoms with Gasteiger partial charge in [0.1, 0.15) is 17.3 Å². The normalized spacial score (nSPS) is 10.5. The maximum absolute atomic E-state index is 13.2. The minimum Gasteiger partial charge on any atom is -0.360 e. The highest BCUT2D eigenvalue weighted by Crippen LogP contribution is 2.16. The van der Waals surface area contributed by atoms with Gasteiger partial charge in [0.2, 0.25) is 0 Å². The number of hydrogen-bond acceptors (Lipinski definition) is 4. The highest BCUT2D eigenvalue weighted by molar-refractivity contribution is 6.03. The van der Waals surface area contributed by atoms with Crippen LogP contribution in [0.2, 0.25) is 0 Å². The Labute approximate surface area is 139 Å². The van der Waals surface area contributed by atoms with Crippen molar-refractivity contribution >= 4 is 17.4 Å². The number of carbonyl (C=O) groups is 1. The summed E-state index contributed by atoms with van der Waals surface area (Å²) >= 11 is 0. The van der Waals surface area contributed by atoms with E-state index in [1.165, 1.54) is 6.07 Å². The predicted molar refractivity (Wildman–Crippen MR) is 89.3 cm³/mol. The lowest BCUT2D eigenvalue weighted by Crippen LogP contribution is -2.22. The van der Waals surface area contributed by atoms with Gasteiger partial charge in [-0.25, -0.2) is 18.7 Å². The lowest BCUT2D eigenvalue weighted by Gasteiger charge is -2.18. The van der Waals surface area contributed by atoms with Crippen LogP contribution in [0.3, 0.4) is 0 Å². The molecule has 7 heteroatoms. The Morgan fingerprint density at radius 2 is 1.96 bits per heavy atom. The van der Waals surface area contributed by atoms with Crippen LogP contribution < -0.4 is 10.2 Å². The van der Waals surface area contributed by atoms with Gasteiger partial charge in [-0.15, -0.1) is 0 Å². The van der Waals surface area contributed by atoms with Crippen molar-refractivity contribution in [2.75, 3.05) is 23.8 Å². The van der Waals surface area contributed by atoms with Crippen molar-refractivity contribution in [3.63, 3.8) is 0 Å². The summed E-state index contributed by atoms with van der Waals surface area (Å²) in [4.78, 5) is 22.7. The first-order valence-corrected chi connectivity index (χ1v) is 7.74. The molecule has 1 heterocycles. The molecule has 0 spiro atoms. The van der Waals surface area contributed by atoms with E-state index in [2.05, 4.69) is 22.2 Å². The van der Waals surface area contributed by atoms with Gasteiger partial charge in [-0.3, -0.25) is 4.79 Å². The van der Waals surface area contributed by atoms with Crippen LogP contribution in [0.1, 0.15) is 36.1 Å². The average molecular weight is 334 g/mol. The Hall–Kier alpha value is -2.57. The standard InChI is InChI=1S/C17H20F2N4O/c1-4-5-8-23(3)16-10-15(20-11(2)21-16)17(24)22-12-6-7-13(18)14(19)9-12/h6-7,9-10H,4-5,8H2,1-3H3,(H,22,24). The molecule has 128 valence electrons. The van der Waals surface area contributed by atoms with Crippen molar-refractivity contribution in [2.45, 2.75) is 26.7 Å². The van der Waals surface area contributed by atoms with Crippen LogP contribution in [0.15, 0.2) is 24.3 Å². The Kier molecular flexibility index (Phi) is 5.78. The van der Waals surface area contributed by atoms with Gasteiger partial charge in [-0.2, -0.15) is 0 Å². The number of rotatable bonds is 6. The number of aromatic nitrogens is 2. The van der Waals surface area contributed by atoms with Gasteiger partial charge in [-0.05, 0) is 25.5 Å². The number of amides is 1. The quantitative estimate of drug-likeness (QED) is 0.878. The third-order valence-electron chi connectivity index (χ3n) is 3.47. The van der Waals surface area contributed by atoms with Gasteiger partial charge in [0.05, 0.1) is 0 Å². The number of unbranched alkanes of at least 4 members (excludes halogenated alkanes) is 1. The van der Waals surface area contributed by atoms with Crippen molar-refractivity contribution in [3.05, 3.63) is 47.4 Å². The maximum atomic E-state index is 13.2. The summed E-state index contributed by atoms with van der Waals surface area (Å²) < 4.78 is 26.2. The van der Waals surface area contributed by atoms with Crippen LogP contribution in [0.4, 0.5) is 20.3 Å². The zero-order chi connectivity index (χ0) is 17.7. The van der Waals surface area contributed by atoms with Crippen molar-refractivity contribution in [2.24, 2.45) is 0 Å². The van der Waals surface area contributed by atoms with E-state index in [1.807, 2.05) is 11.9 Å². The summed E-state index contributed by atoms with van der Waals surface area (Å²) in [7, 11) is 1.90. The molecule has 0 aliphatic carbocycles. The van der Waals surface area contributed by atoms with Crippen LogP contribution in [0.5, 0.6) is 0 Å². The van der Waals surface area contributed by atoms with Gasteiger partial charge in [-0.1, -0.05) is 13.3 Å². The van der Waals surface area contributed by atoms with Crippen LogP contribution in [-0.4, -0.2) is 29.5 Å². The monoisotopic (exact) mass is 334 g/mol. The summed E-state index contributed by atoms with van der Waals surface area (Å²) in [5.41, 5.74) is 0.335. The number of anilines is 2. The molecular weight excluding hydrogens is 314 g/mol. The topological polar surface area (TPSA) is 58.1 Å². The Bertz CT molecular complexity index is 737. The van der Waals surface area contributed by atoms with E-state index in [9.17, 15) is 13.6 Å². The molecule has 5 nitrogen and oxygen atoms in total. The van der Waals surface area contributed by atoms with Gasteiger partial charge >= 0.3 is 0 Å². The number of nitrogens with one attached hydrogen (secondary N) is 1. The van der Waals surface area contributed by atoms with E-state index in [-0.39, 0.29) is 11.4 Å². The second-order valence-corrected chi connectivity index (χ2v) is 5.52. The highest BCUT2D eigenvalue weighted by Gasteiger charge is 2.14. The van der Waals surface area contributed by atoms with Crippen LogP contribution in [0, 0.1) is 18.6 Å². The molecule has 1 aromatic heterocycles. The van der Waals surface area contributed by atoms with Crippen LogP contribution in [0.25, 0.3) is 0 Å². The summed E-state index contributed by atoms with van der Waals surface area (Å²) in [6.07, 6.45) is 2.06. The number of aryl methyl sites for hydroxylation is 1. The molecule has 0 saturated heterocycles. The van der Waals surface area contributed by atoms with Crippen molar-refractivity contribution < 1.29 is 13.6 Å². The van der Waals surface area contributed by atoms with E-state index in [4.69, 9.17) is 0 Å². The number of nitrogens with zero attached hydrogens (tertiary/aromatic N) is 3. The summed E-state index contributed by atoms with van der Waals surface area (Å²) in [6, 6.07) is 4.76. The first-order chi connectivity index (χ1) is 11.4. The van der Waals surface area contributed by atoms with Gasteiger partial charge in [0, 0.05) is 31.4 Å². The molecule has 2 rings (SSSR count). The first-order valence-electron chi connectivity index (χ1n) is 7.74. The van der Waals surface area contributed by atoms with Crippen LogP contribution in [-0.2, 0) is 0 Å². The molecule has 2 aromatic rings. The molecule has 0 fully saturated rings. The lowest BCUT2D eigenvalue weighted by atomic mass is 10.2. The smallest absolute Gasteiger partial charge is 0.274 e. The molecule has 24 heavy (non-hydrogen) atoms. The lowest BCUT2D eigenvalue weighted by molar-refractivity contribution is 0.102. The van der Waals surface area contributed by atoms with E-state index in [1.54, 1.807) is 13.0 Å². The minimum atomic E-state index is -1.02. The molecule has 1 N–H and O–H groups in total. The van der Waals surface area contributed by atoms with E-state index in [0.29, 0.717) is 11.6 Å². The summed E-state index contributed by atoms with van der Waals surface area (Å²) in [6.45, 7) is 4.61. The molecule has 0 bridgehead atoms. The third kappa shape index (κ3) is 4.47. The second kappa shape index (κ2) is 7.81. The van der Waals surface area contributed by atoms with Crippen molar-refractivity contribution in [1.29, 1.82) is 0 Å². The summed E-state index contributed by atoms with van der Waals surface area (Å²) in [5, 5.41) is 2.51. The Balaban J connectivity index is 2.19. The van der Waals surface area contributed by atoms with E-state index < -0.39 is 17.5 Å². The molecule has 0 aliphatic heterocycles. The zero-order valence-electron chi connectivity index (χ0n) is 13.9. The van der Waals surface area contributed by atoms with Crippen LogP contribution >= 0.6 is 0 Å². The largest absolute Gasteiger partial charge is 0.360 e. The number of halogens is 2. The molecule has 0 atom stereocenters. The van der Waals surface area contributed by atoms with Gasteiger partial charge < -0.3 is 10.2 Å². The Morgan fingerprint density at radius 3 is 2.62 bits per heavy atom. The highest BCUT2D eigenvalue weighted by atomic mass is 19.2. The Morgan fingerprint density at radius 1 is 1.21 bits per heavy atom. The number of benzene rings is 1. The molecule has 0 radical (unpaired) electrons. The van der Waals surface area contributed by atoms with Crippen molar-refractivity contribution in [3.8, 4) is 0 Å². The molecule has 0 saturated carbocycles. The molecule has 0 unspecified atom stereocenters. The minimum absolute atomic E-state index is 0.163. The van der Waals surface area contributed by atoms with E-state index in [0.717, 1.165) is 31.5 Å². The molecule has 1 aromatic carbocycles. The maximum Gasteiger partial charge on any atom is 0.274 e. The van der Waals surface area contributed by atoms with E-state index >= 15 is 0 Å². The number of hydrogen-bond donors (Lipinski definition) is 1. The molecular formula is C17H20F2N4O. The predicted octanol–water partition coefficient (Wildman–Crippen LogP) is 3.55. The third-order valence-corrected chi connectivity index (χ3v) is 3.47. The van der Waals surface area contributed by atoms with Gasteiger partial charge in [0.15, 0.2) is 11.6 Å².